The number of unbranched alkanes of at least 4 members (excludes halogenated alkanes) is 4. The van der Waals surface area contributed by atoms with E-state index in [1.165, 1.54) is 6.92 Å². The third-order valence-corrected chi connectivity index (χ3v) is 6.05. The van der Waals surface area contributed by atoms with Gasteiger partial charge in [0, 0.05) is 19.8 Å². The summed E-state index contributed by atoms with van der Waals surface area (Å²) in [5.74, 6) is -1.71. The summed E-state index contributed by atoms with van der Waals surface area (Å²) in [7, 11) is 5.44. The van der Waals surface area contributed by atoms with E-state index in [0.717, 1.165) is 57.8 Å². The lowest BCUT2D eigenvalue weighted by Crippen LogP contribution is -2.50. The molecular weight excluding hydrogens is 510 g/mol. The van der Waals surface area contributed by atoms with Crippen LogP contribution < -0.4 is 0 Å². The molecule has 0 aromatic carbocycles. The number of allylic oxidation sites excluding steroid dienone is 8. The number of hydrogen-bond acceptors (Lipinski definition) is 6. The van der Waals surface area contributed by atoms with Crippen LogP contribution in [0.3, 0.4) is 0 Å². The minimum absolute atomic E-state index is 0.0391. The number of ether oxygens (including phenoxy) is 3. The smallest absolute Gasteiger partial charge is 0.362 e. The van der Waals surface area contributed by atoms with Crippen molar-refractivity contribution in [2.75, 3.05) is 41.0 Å². The Morgan fingerprint density at radius 3 is 1.93 bits per heavy atom. The summed E-state index contributed by atoms with van der Waals surface area (Å²) in [6.45, 7) is 3.57. The highest BCUT2D eigenvalue weighted by Gasteiger charge is 2.31. The van der Waals surface area contributed by atoms with Crippen molar-refractivity contribution in [1.82, 2.24) is 0 Å². The Labute approximate surface area is 242 Å². The molecule has 0 aliphatic rings. The molecule has 0 rings (SSSR count). The Hall–Kier alpha value is -2.71. The third-order valence-electron chi connectivity index (χ3n) is 6.05. The Balaban J connectivity index is 4.10. The maximum absolute atomic E-state index is 12.3. The van der Waals surface area contributed by atoms with Crippen LogP contribution in [0.15, 0.2) is 48.6 Å². The molecule has 0 fully saturated rings. The number of rotatable bonds is 24. The SMILES string of the molecule is CC/C=C\C/C=C\C/C=C\C/C=C\CCCCCCC(=O)OC(COCCC(C(=O)O)[N+](C)(C)C)COC(C)=O. The molecule has 2 atom stereocenters. The van der Waals surface area contributed by atoms with Crippen LogP contribution in [-0.2, 0) is 28.6 Å². The highest BCUT2D eigenvalue weighted by molar-refractivity contribution is 5.72. The first kappa shape index (κ1) is 37.3. The molecule has 1 N–H and O–H groups in total. The highest BCUT2D eigenvalue weighted by Crippen LogP contribution is 2.11. The molecular formula is C32H54NO7+. The number of carboxylic acid groups (broad SMARTS) is 1. The van der Waals surface area contributed by atoms with Crippen LogP contribution in [0, 0.1) is 0 Å². The molecule has 0 aliphatic carbocycles. The van der Waals surface area contributed by atoms with Gasteiger partial charge in [-0.3, -0.25) is 9.59 Å². The van der Waals surface area contributed by atoms with Crippen LogP contribution in [0.4, 0.5) is 0 Å². The van der Waals surface area contributed by atoms with Gasteiger partial charge in [-0.1, -0.05) is 68.4 Å². The van der Waals surface area contributed by atoms with E-state index in [1.54, 1.807) is 0 Å². The largest absolute Gasteiger partial charge is 0.477 e. The molecule has 0 saturated carbocycles. The normalized spacial score (nSPS) is 13.9. The average Bonchev–Trinajstić information content (AvgIpc) is 2.87. The maximum atomic E-state index is 12.3. The predicted molar refractivity (Wildman–Crippen MR) is 160 cm³/mol. The third kappa shape index (κ3) is 23.2. The highest BCUT2D eigenvalue weighted by atomic mass is 16.6. The number of carbonyl (C=O) groups excluding carboxylic acids is 2. The van der Waals surface area contributed by atoms with Crippen LogP contribution in [0.5, 0.6) is 0 Å². The monoisotopic (exact) mass is 564 g/mol. The van der Waals surface area contributed by atoms with Gasteiger partial charge in [0.15, 0.2) is 12.1 Å². The molecule has 0 spiro atoms. The Morgan fingerprint density at radius 1 is 0.800 bits per heavy atom. The van der Waals surface area contributed by atoms with Gasteiger partial charge < -0.3 is 23.8 Å². The second kappa shape index (κ2) is 24.1. The maximum Gasteiger partial charge on any atom is 0.362 e. The van der Waals surface area contributed by atoms with Crippen molar-refractivity contribution in [2.45, 2.75) is 96.6 Å². The van der Waals surface area contributed by atoms with E-state index in [1.807, 2.05) is 21.1 Å². The van der Waals surface area contributed by atoms with Gasteiger partial charge >= 0.3 is 17.9 Å². The first-order valence-corrected chi connectivity index (χ1v) is 14.6. The first-order valence-electron chi connectivity index (χ1n) is 14.6. The number of aliphatic carboxylic acids is 1. The standard InChI is InChI=1S/C32H53NO7/c1-6-7-8-9-10-11-12-13-14-15-16-17-18-19-20-21-22-23-31(35)40-29(27-39-28(2)34)26-38-25-24-30(32(36)37)33(3,4)5/h7-8,10-11,13-14,16-17,29-30H,6,9,12,15,18-27H2,1-5H3/p+1/b8-7-,11-10-,14-13-,17-16-. The molecule has 0 bridgehead atoms. The summed E-state index contributed by atoms with van der Waals surface area (Å²) in [6.07, 6.45) is 26.2. The zero-order chi connectivity index (χ0) is 30.1. The number of quaternary nitrogens is 1. The van der Waals surface area contributed by atoms with Crippen molar-refractivity contribution >= 4 is 17.9 Å². The molecule has 0 amide bonds. The molecule has 40 heavy (non-hydrogen) atoms. The molecule has 0 saturated heterocycles. The quantitative estimate of drug-likeness (QED) is 0.0647. The van der Waals surface area contributed by atoms with Gasteiger partial charge in [-0.25, -0.2) is 4.79 Å². The molecule has 8 nitrogen and oxygen atoms in total. The molecule has 228 valence electrons. The summed E-state index contributed by atoms with van der Waals surface area (Å²) in [4.78, 5) is 35.0. The fourth-order valence-corrected chi connectivity index (χ4v) is 3.81. The number of nitrogens with zero attached hydrogens (tertiary/aromatic N) is 1. The Kier molecular flexibility index (Phi) is 22.5. The van der Waals surface area contributed by atoms with Crippen LogP contribution in [0.2, 0.25) is 0 Å². The minimum atomic E-state index is -0.891. The summed E-state index contributed by atoms with van der Waals surface area (Å²) in [5, 5.41) is 9.42. The number of hydrogen-bond donors (Lipinski definition) is 1. The van der Waals surface area contributed by atoms with Gasteiger partial charge in [-0.05, 0) is 44.9 Å². The van der Waals surface area contributed by atoms with Gasteiger partial charge in [0.1, 0.15) is 6.61 Å². The van der Waals surface area contributed by atoms with E-state index < -0.39 is 24.1 Å². The first-order chi connectivity index (χ1) is 19.1. The molecule has 0 radical (unpaired) electrons. The second-order valence-corrected chi connectivity index (χ2v) is 10.7. The van der Waals surface area contributed by atoms with E-state index in [2.05, 4.69) is 55.5 Å². The van der Waals surface area contributed by atoms with Crippen LogP contribution in [0.1, 0.15) is 84.5 Å². The van der Waals surface area contributed by atoms with Crippen LogP contribution in [0.25, 0.3) is 0 Å². The number of esters is 2. The second-order valence-electron chi connectivity index (χ2n) is 10.7. The lowest BCUT2D eigenvalue weighted by Gasteiger charge is -2.31. The zero-order valence-corrected chi connectivity index (χ0v) is 25.5. The van der Waals surface area contributed by atoms with Crippen molar-refractivity contribution in [2.24, 2.45) is 0 Å². The Bertz CT molecular complexity index is 809. The van der Waals surface area contributed by atoms with Gasteiger partial charge in [0.25, 0.3) is 0 Å². The minimum Gasteiger partial charge on any atom is -0.477 e. The fraction of sp³-hybridized carbons (Fsp3) is 0.656. The lowest BCUT2D eigenvalue weighted by molar-refractivity contribution is -0.887. The van der Waals surface area contributed by atoms with E-state index >= 15 is 0 Å². The Morgan fingerprint density at radius 2 is 1.38 bits per heavy atom. The zero-order valence-electron chi connectivity index (χ0n) is 25.5. The van der Waals surface area contributed by atoms with E-state index in [0.29, 0.717) is 12.8 Å². The van der Waals surface area contributed by atoms with Gasteiger partial charge in [0.05, 0.1) is 34.4 Å². The molecule has 0 aliphatic heterocycles. The van der Waals surface area contributed by atoms with Crippen molar-refractivity contribution in [3.05, 3.63) is 48.6 Å². The number of carbonyl (C=O) groups is 3. The van der Waals surface area contributed by atoms with Gasteiger partial charge in [-0.2, -0.15) is 0 Å². The topological polar surface area (TPSA) is 99.1 Å². The summed E-state index contributed by atoms with van der Waals surface area (Å²) >= 11 is 0. The predicted octanol–water partition coefficient (Wildman–Crippen LogP) is 6.17. The molecule has 0 aromatic heterocycles. The van der Waals surface area contributed by atoms with Crippen molar-refractivity contribution in [3.63, 3.8) is 0 Å². The molecule has 0 heterocycles. The van der Waals surface area contributed by atoms with Crippen LogP contribution in [-0.4, -0.2) is 80.6 Å². The van der Waals surface area contributed by atoms with Crippen LogP contribution >= 0.6 is 0 Å². The van der Waals surface area contributed by atoms with E-state index in [4.69, 9.17) is 14.2 Å². The fourth-order valence-electron chi connectivity index (χ4n) is 3.81. The van der Waals surface area contributed by atoms with E-state index in [-0.39, 0.29) is 30.3 Å². The average molecular weight is 565 g/mol. The number of likely N-dealkylation sites (N-methyl/N-ethyl adjacent to an activating group) is 1. The molecule has 8 heteroatoms. The number of carboxylic acids is 1. The van der Waals surface area contributed by atoms with Crippen molar-refractivity contribution in [3.8, 4) is 0 Å². The van der Waals surface area contributed by atoms with E-state index in [9.17, 15) is 19.5 Å². The summed E-state index contributed by atoms with van der Waals surface area (Å²) in [5.41, 5.74) is 0. The molecule has 2 unspecified atom stereocenters. The molecule has 0 aromatic rings. The van der Waals surface area contributed by atoms with Crippen molar-refractivity contribution < 1.29 is 38.2 Å². The summed E-state index contributed by atoms with van der Waals surface area (Å²) < 4.78 is 16.3. The van der Waals surface area contributed by atoms with Gasteiger partial charge in [-0.15, -0.1) is 0 Å². The van der Waals surface area contributed by atoms with Crippen molar-refractivity contribution in [1.29, 1.82) is 0 Å². The lowest BCUT2D eigenvalue weighted by atomic mass is 10.1. The van der Waals surface area contributed by atoms with Gasteiger partial charge in [0.2, 0.25) is 0 Å². The summed E-state index contributed by atoms with van der Waals surface area (Å²) in [6, 6.07) is -0.614.